The second kappa shape index (κ2) is 5.77. The van der Waals surface area contributed by atoms with Gasteiger partial charge in [0, 0.05) is 17.8 Å². The van der Waals surface area contributed by atoms with E-state index in [0.29, 0.717) is 0 Å². The largest absolute Gasteiger partial charge is 0.310 e. The van der Waals surface area contributed by atoms with E-state index in [0.717, 1.165) is 31.9 Å². The zero-order valence-electron chi connectivity index (χ0n) is 9.39. The second-order valence-electron chi connectivity index (χ2n) is 3.53. The van der Waals surface area contributed by atoms with Gasteiger partial charge in [0.05, 0.1) is 6.54 Å². The molecule has 1 N–H and O–H groups in total. The molecule has 0 aliphatic carbocycles. The van der Waals surface area contributed by atoms with Gasteiger partial charge in [0.2, 0.25) is 0 Å². The van der Waals surface area contributed by atoms with E-state index in [9.17, 15) is 0 Å². The number of aromatic nitrogens is 3. The van der Waals surface area contributed by atoms with Crippen LogP contribution in [0.5, 0.6) is 0 Å². The van der Waals surface area contributed by atoms with E-state index in [1.165, 1.54) is 4.88 Å². The van der Waals surface area contributed by atoms with E-state index in [1.807, 2.05) is 4.68 Å². The fourth-order valence-corrected chi connectivity index (χ4v) is 2.14. The maximum absolute atomic E-state index is 4.39. The standard InChI is InChI=1S/C11H16N4S/c1-2-12-8-11-13-9-15(14-11)6-5-10-4-3-7-16-10/h3-4,7,9,12H,2,5-6,8H2,1H3. The van der Waals surface area contributed by atoms with Crippen LogP contribution in [0.2, 0.25) is 0 Å². The lowest BCUT2D eigenvalue weighted by molar-refractivity contribution is 0.598. The highest BCUT2D eigenvalue weighted by molar-refractivity contribution is 7.09. The predicted octanol–water partition coefficient (Wildman–Crippen LogP) is 1.69. The molecule has 0 spiro atoms. The monoisotopic (exact) mass is 236 g/mol. The summed E-state index contributed by atoms with van der Waals surface area (Å²) < 4.78 is 1.91. The van der Waals surface area contributed by atoms with Gasteiger partial charge >= 0.3 is 0 Å². The molecule has 2 heterocycles. The first kappa shape index (κ1) is 11.3. The average molecular weight is 236 g/mol. The van der Waals surface area contributed by atoms with Crippen LogP contribution in [0, 0.1) is 0 Å². The van der Waals surface area contributed by atoms with E-state index >= 15 is 0 Å². The number of rotatable bonds is 6. The average Bonchev–Trinajstić information content (AvgIpc) is 2.95. The lowest BCUT2D eigenvalue weighted by atomic mass is 10.3. The molecule has 0 saturated carbocycles. The van der Waals surface area contributed by atoms with Gasteiger partial charge in [0.25, 0.3) is 0 Å². The van der Waals surface area contributed by atoms with Crippen molar-refractivity contribution in [1.29, 1.82) is 0 Å². The fourth-order valence-electron chi connectivity index (χ4n) is 1.44. The van der Waals surface area contributed by atoms with Gasteiger partial charge < -0.3 is 5.32 Å². The molecular formula is C11H16N4S. The summed E-state index contributed by atoms with van der Waals surface area (Å²) in [5.74, 6) is 0.869. The van der Waals surface area contributed by atoms with Gasteiger partial charge in [0.1, 0.15) is 6.33 Å². The molecule has 0 aromatic carbocycles. The highest BCUT2D eigenvalue weighted by atomic mass is 32.1. The Kier molecular flexibility index (Phi) is 4.07. The molecule has 0 saturated heterocycles. The van der Waals surface area contributed by atoms with Crippen LogP contribution in [0.15, 0.2) is 23.8 Å². The minimum Gasteiger partial charge on any atom is -0.310 e. The molecule has 0 fully saturated rings. The molecule has 86 valence electrons. The summed E-state index contributed by atoms with van der Waals surface area (Å²) in [7, 11) is 0. The van der Waals surface area contributed by atoms with E-state index in [2.05, 4.69) is 39.8 Å². The first-order valence-corrected chi connectivity index (χ1v) is 6.38. The summed E-state index contributed by atoms with van der Waals surface area (Å²) in [6.45, 7) is 4.68. The molecule has 0 amide bonds. The maximum Gasteiger partial charge on any atom is 0.164 e. The van der Waals surface area contributed by atoms with Crippen LogP contribution in [0.4, 0.5) is 0 Å². The molecule has 2 aromatic rings. The van der Waals surface area contributed by atoms with Crippen LogP contribution in [-0.2, 0) is 19.5 Å². The summed E-state index contributed by atoms with van der Waals surface area (Å²) in [6.07, 6.45) is 2.84. The highest BCUT2D eigenvalue weighted by Gasteiger charge is 2.00. The summed E-state index contributed by atoms with van der Waals surface area (Å²) >= 11 is 1.79. The molecule has 5 heteroatoms. The normalized spacial score (nSPS) is 10.8. The third-order valence-corrected chi connectivity index (χ3v) is 3.22. The van der Waals surface area contributed by atoms with Crippen LogP contribution in [0.3, 0.4) is 0 Å². The van der Waals surface area contributed by atoms with Crippen LogP contribution >= 0.6 is 11.3 Å². The van der Waals surface area contributed by atoms with Gasteiger partial charge in [-0.2, -0.15) is 5.10 Å². The highest BCUT2D eigenvalue weighted by Crippen LogP contribution is 2.09. The van der Waals surface area contributed by atoms with Crippen molar-refractivity contribution in [2.24, 2.45) is 0 Å². The lowest BCUT2D eigenvalue weighted by Crippen LogP contribution is -2.13. The summed E-state index contributed by atoms with van der Waals surface area (Å²) in [5.41, 5.74) is 0. The third kappa shape index (κ3) is 3.15. The molecule has 4 nitrogen and oxygen atoms in total. The molecule has 2 rings (SSSR count). The van der Waals surface area contributed by atoms with E-state index in [4.69, 9.17) is 0 Å². The zero-order chi connectivity index (χ0) is 11.2. The Morgan fingerprint density at radius 3 is 3.19 bits per heavy atom. The van der Waals surface area contributed by atoms with Crippen LogP contribution < -0.4 is 5.32 Å². The molecule has 0 radical (unpaired) electrons. The molecule has 16 heavy (non-hydrogen) atoms. The van der Waals surface area contributed by atoms with Crippen molar-refractivity contribution in [2.45, 2.75) is 26.4 Å². The topological polar surface area (TPSA) is 42.7 Å². The number of nitrogens with one attached hydrogen (secondary N) is 1. The van der Waals surface area contributed by atoms with Crippen LogP contribution in [0.25, 0.3) is 0 Å². The van der Waals surface area contributed by atoms with Gasteiger partial charge in [-0.3, -0.25) is 4.68 Å². The van der Waals surface area contributed by atoms with Crippen molar-refractivity contribution < 1.29 is 0 Å². The number of hydrogen-bond acceptors (Lipinski definition) is 4. The van der Waals surface area contributed by atoms with Gasteiger partial charge in [0.15, 0.2) is 5.82 Å². The van der Waals surface area contributed by atoms with Gasteiger partial charge in [-0.25, -0.2) is 4.98 Å². The molecular weight excluding hydrogens is 220 g/mol. The summed E-state index contributed by atoms with van der Waals surface area (Å²) in [4.78, 5) is 5.64. The Morgan fingerprint density at radius 1 is 1.50 bits per heavy atom. The van der Waals surface area contributed by atoms with Gasteiger partial charge in [-0.1, -0.05) is 13.0 Å². The zero-order valence-corrected chi connectivity index (χ0v) is 10.2. The predicted molar refractivity (Wildman–Crippen MR) is 65.4 cm³/mol. The summed E-state index contributed by atoms with van der Waals surface area (Å²) in [6, 6.07) is 4.24. The second-order valence-corrected chi connectivity index (χ2v) is 4.57. The first-order valence-electron chi connectivity index (χ1n) is 5.50. The van der Waals surface area contributed by atoms with Crippen molar-refractivity contribution in [3.05, 3.63) is 34.5 Å². The van der Waals surface area contributed by atoms with Crippen molar-refractivity contribution >= 4 is 11.3 Å². The van der Waals surface area contributed by atoms with Crippen molar-refractivity contribution in [3.63, 3.8) is 0 Å². The summed E-state index contributed by atoms with van der Waals surface area (Å²) in [5, 5.41) is 9.71. The Balaban J connectivity index is 1.83. The Bertz CT molecular complexity index is 407. The lowest BCUT2D eigenvalue weighted by Gasteiger charge is -1.98. The number of hydrogen-bond donors (Lipinski definition) is 1. The van der Waals surface area contributed by atoms with E-state index in [1.54, 1.807) is 17.7 Å². The molecule has 0 aliphatic rings. The molecule has 0 atom stereocenters. The van der Waals surface area contributed by atoms with Gasteiger partial charge in [-0.05, 0) is 18.0 Å². The molecule has 2 aromatic heterocycles. The number of aryl methyl sites for hydroxylation is 2. The van der Waals surface area contributed by atoms with E-state index in [-0.39, 0.29) is 0 Å². The SMILES string of the molecule is CCNCc1ncn(CCc2cccs2)n1. The first-order chi connectivity index (χ1) is 7.88. The Labute approximate surface area is 99.3 Å². The number of nitrogens with zero attached hydrogens (tertiary/aromatic N) is 3. The Morgan fingerprint density at radius 2 is 2.44 bits per heavy atom. The Hall–Kier alpha value is -1.20. The molecule has 0 unspecified atom stereocenters. The van der Waals surface area contributed by atoms with E-state index < -0.39 is 0 Å². The molecule has 0 bridgehead atoms. The minimum absolute atomic E-state index is 0.752. The van der Waals surface area contributed by atoms with Crippen LogP contribution in [-0.4, -0.2) is 21.3 Å². The number of thiophene rings is 1. The quantitative estimate of drug-likeness (QED) is 0.830. The van der Waals surface area contributed by atoms with Crippen molar-refractivity contribution in [2.75, 3.05) is 6.54 Å². The van der Waals surface area contributed by atoms with Gasteiger partial charge in [-0.15, -0.1) is 11.3 Å². The smallest absolute Gasteiger partial charge is 0.164 e. The van der Waals surface area contributed by atoms with Crippen LogP contribution in [0.1, 0.15) is 17.6 Å². The van der Waals surface area contributed by atoms with Crippen molar-refractivity contribution in [3.8, 4) is 0 Å². The maximum atomic E-state index is 4.39. The minimum atomic E-state index is 0.752. The fraction of sp³-hybridized carbons (Fsp3) is 0.455. The van der Waals surface area contributed by atoms with Crippen molar-refractivity contribution in [1.82, 2.24) is 20.1 Å². The molecule has 0 aliphatic heterocycles. The third-order valence-electron chi connectivity index (χ3n) is 2.28.